The predicted octanol–water partition coefficient (Wildman–Crippen LogP) is 3.62. The van der Waals surface area contributed by atoms with Crippen molar-refractivity contribution in [1.82, 2.24) is 0 Å². The van der Waals surface area contributed by atoms with E-state index in [1.54, 1.807) is 24.3 Å². The zero-order valence-electron chi connectivity index (χ0n) is 16.1. The number of nitrogens with zero attached hydrogens (tertiary/aromatic N) is 1. The Kier molecular flexibility index (Phi) is 6.14. The van der Waals surface area contributed by atoms with Gasteiger partial charge in [-0.25, -0.2) is 13.2 Å². The lowest BCUT2D eigenvalue weighted by Gasteiger charge is -2.29. The van der Waals surface area contributed by atoms with Crippen molar-refractivity contribution >= 4 is 44.9 Å². The fraction of sp³-hybridized carbons (Fsp3) is 0.300. The smallest absolute Gasteiger partial charge is 0.339 e. The lowest BCUT2D eigenvalue weighted by atomic mass is 10.1. The highest BCUT2D eigenvalue weighted by atomic mass is 35.5. The zero-order chi connectivity index (χ0) is 21.2. The molecule has 0 aromatic heterocycles. The highest BCUT2D eigenvalue weighted by molar-refractivity contribution is 7.92. The van der Waals surface area contributed by atoms with Crippen LogP contribution in [0.3, 0.4) is 0 Å². The van der Waals surface area contributed by atoms with Crippen molar-refractivity contribution in [3.8, 4) is 0 Å². The number of aryl methyl sites for hydroxylation is 1. The van der Waals surface area contributed by atoms with Crippen LogP contribution in [0.2, 0.25) is 5.02 Å². The number of anilines is 2. The summed E-state index contributed by atoms with van der Waals surface area (Å²) in [6, 6.07) is 9.40. The third-order valence-corrected chi connectivity index (χ3v) is 6.90. The minimum absolute atomic E-state index is 0.101. The average Bonchev–Trinajstić information content (AvgIpc) is 2.69. The number of nitrogens with one attached hydrogen (secondary N) is 1. The van der Waals surface area contributed by atoms with Gasteiger partial charge < -0.3 is 10.1 Å². The Morgan fingerprint density at radius 3 is 2.59 bits per heavy atom. The summed E-state index contributed by atoms with van der Waals surface area (Å²) in [4.78, 5) is 24.5. The normalized spacial score (nSPS) is 15.6. The Morgan fingerprint density at radius 1 is 1.14 bits per heavy atom. The molecule has 0 radical (unpaired) electrons. The van der Waals surface area contributed by atoms with Crippen molar-refractivity contribution in [2.24, 2.45) is 0 Å². The quantitative estimate of drug-likeness (QED) is 0.739. The van der Waals surface area contributed by atoms with Gasteiger partial charge in [0.2, 0.25) is 10.0 Å². The molecule has 2 aromatic carbocycles. The second-order valence-corrected chi connectivity index (χ2v) is 9.16. The molecule has 0 unspecified atom stereocenters. The maximum atomic E-state index is 12.7. The van der Waals surface area contributed by atoms with E-state index in [0.717, 1.165) is 12.0 Å². The van der Waals surface area contributed by atoms with Gasteiger partial charge in [0.15, 0.2) is 0 Å². The number of ether oxygens (including phenoxy) is 1. The molecule has 1 N–H and O–H groups in total. The number of sulfonamides is 1. The summed E-state index contributed by atoms with van der Waals surface area (Å²) in [5.74, 6) is -0.943. The van der Waals surface area contributed by atoms with Crippen LogP contribution in [-0.2, 0) is 14.8 Å². The highest BCUT2D eigenvalue weighted by Crippen LogP contribution is 2.28. The predicted molar refractivity (Wildman–Crippen MR) is 112 cm³/mol. The summed E-state index contributed by atoms with van der Waals surface area (Å²) in [7, 11) is -2.15. The molecule has 1 saturated heterocycles. The minimum atomic E-state index is -3.39. The molecule has 1 aliphatic heterocycles. The van der Waals surface area contributed by atoms with Crippen molar-refractivity contribution < 1.29 is 22.7 Å². The van der Waals surface area contributed by atoms with Crippen LogP contribution in [0.15, 0.2) is 36.4 Å². The van der Waals surface area contributed by atoms with Crippen LogP contribution in [0.1, 0.15) is 39.1 Å². The number of halogens is 1. The number of hydrogen-bond acceptors (Lipinski definition) is 5. The lowest BCUT2D eigenvalue weighted by molar-refractivity contribution is 0.0600. The first-order valence-electron chi connectivity index (χ1n) is 9.03. The van der Waals surface area contributed by atoms with Gasteiger partial charge in [-0.15, -0.1) is 0 Å². The number of amides is 1. The monoisotopic (exact) mass is 436 g/mol. The van der Waals surface area contributed by atoms with Crippen LogP contribution in [0.25, 0.3) is 0 Å². The van der Waals surface area contributed by atoms with Crippen molar-refractivity contribution in [2.45, 2.75) is 19.8 Å². The largest absolute Gasteiger partial charge is 0.465 e. The van der Waals surface area contributed by atoms with Gasteiger partial charge in [-0.3, -0.25) is 9.10 Å². The first kappa shape index (κ1) is 21.1. The Hall–Kier alpha value is -2.58. The molecule has 1 amide bonds. The molecule has 2 aromatic rings. The van der Waals surface area contributed by atoms with E-state index in [2.05, 4.69) is 10.1 Å². The van der Waals surface area contributed by atoms with Gasteiger partial charge in [-0.1, -0.05) is 17.7 Å². The van der Waals surface area contributed by atoms with Crippen LogP contribution in [0.4, 0.5) is 11.4 Å². The van der Waals surface area contributed by atoms with Gasteiger partial charge in [-0.05, 0) is 55.7 Å². The molecule has 0 aliphatic carbocycles. The van der Waals surface area contributed by atoms with Gasteiger partial charge in [0.1, 0.15) is 0 Å². The molecule has 154 valence electrons. The van der Waals surface area contributed by atoms with Crippen molar-refractivity contribution in [3.63, 3.8) is 0 Å². The third kappa shape index (κ3) is 4.54. The molecule has 0 spiro atoms. The molecule has 29 heavy (non-hydrogen) atoms. The Bertz CT molecular complexity index is 1070. The maximum Gasteiger partial charge on any atom is 0.339 e. The van der Waals surface area contributed by atoms with Gasteiger partial charge in [-0.2, -0.15) is 0 Å². The zero-order valence-corrected chi connectivity index (χ0v) is 17.6. The van der Waals surface area contributed by atoms with E-state index in [0.29, 0.717) is 29.9 Å². The number of carbonyl (C=O) groups is 2. The number of esters is 1. The Labute approximate surface area is 174 Å². The molecule has 0 saturated carbocycles. The van der Waals surface area contributed by atoms with E-state index in [1.165, 1.54) is 23.5 Å². The Morgan fingerprint density at radius 2 is 1.90 bits per heavy atom. The molecule has 7 nitrogen and oxygen atoms in total. The number of carbonyl (C=O) groups excluding carboxylic acids is 2. The lowest BCUT2D eigenvalue weighted by Crippen LogP contribution is -2.38. The van der Waals surface area contributed by atoms with Gasteiger partial charge >= 0.3 is 5.97 Å². The summed E-state index contributed by atoms with van der Waals surface area (Å²) in [5, 5.41) is 2.91. The summed E-state index contributed by atoms with van der Waals surface area (Å²) < 4.78 is 30.9. The van der Waals surface area contributed by atoms with Gasteiger partial charge in [0, 0.05) is 17.8 Å². The fourth-order valence-electron chi connectivity index (χ4n) is 3.15. The van der Waals surface area contributed by atoms with E-state index in [9.17, 15) is 18.0 Å². The average molecular weight is 437 g/mol. The van der Waals surface area contributed by atoms with E-state index < -0.39 is 21.9 Å². The number of rotatable bonds is 4. The van der Waals surface area contributed by atoms with E-state index in [-0.39, 0.29) is 16.3 Å². The molecule has 3 rings (SSSR count). The summed E-state index contributed by atoms with van der Waals surface area (Å²) in [6.07, 6.45) is 1.41. The number of hydrogen-bond donors (Lipinski definition) is 1. The van der Waals surface area contributed by atoms with Crippen molar-refractivity contribution in [3.05, 3.63) is 58.1 Å². The van der Waals surface area contributed by atoms with Crippen molar-refractivity contribution in [1.29, 1.82) is 0 Å². The molecule has 1 heterocycles. The number of methoxy groups -OCH3 is 1. The SMILES string of the molecule is COC(=O)c1cc(NC(=O)c2ccc(C)c(N3CCCCS3(=O)=O)c2)ccc1Cl. The van der Waals surface area contributed by atoms with Gasteiger partial charge in [0.25, 0.3) is 5.91 Å². The van der Waals surface area contributed by atoms with E-state index in [1.807, 2.05) is 6.92 Å². The first-order chi connectivity index (χ1) is 13.7. The topological polar surface area (TPSA) is 92.8 Å². The summed E-state index contributed by atoms with van der Waals surface area (Å²) in [5.41, 5.74) is 2.08. The van der Waals surface area contributed by atoms with Crippen LogP contribution in [0, 0.1) is 6.92 Å². The van der Waals surface area contributed by atoms with Crippen LogP contribution < -0.4 is 9.62 Å². The molecule has 1 fully saturated rings. The van der Waals surface area contributed by atoms with Gasteiger partial charge in [0.05, 0.1) is 29.1 Å². The summed E-state index contributed by atoms with van der Waals surface area (Å²) in [6.45, 7) is 2.21. The van der Waals surface area contributed by atoms with Crippen LogP contribution in [0.5, 0.6) is 0 Å². The van der Waals surface area contributed by atoms with E-state index in [4.69, 9.17) is 11.6 Å². The van der Waals surface area contributed by atoms with Crippen molar-refractivity contribution in [2.75, 3.05) is 29.0 Å². The third-order valence-electron chi connectivity index (χ3n) is 4.72. The molecular weight excluding hydrogens is 416 g/mol. The first-order valence-corrected chi connectivity index (χ1v) is 11.0. The van der Waals surface area contributed by atoms with Crippen LogP contribution in [-0.4, -0.2) is 39.7 Å². The second kappa shape index (κ2) is 8.42. The van der Waals surface area contributed by atoms with Crippen LogP contribution >= 0.6 is 11.6 Å². The molecule has 9 heteroatoms. The Balaban J connectivity index is 1.88. The second-order valence-electron chi connectivity index (χ2n) is 6.74. The molecule has 0 atom stereocenters. The molecule has 1 aliphatic rings. The minimum Gasteiger partial charge on any atom is -0.465 e. The number of benzene rings is 2. The molecular formula is C20H21ClN2O5S. The maximum absolute atomic E-state index is 12.7. The highest BCUT2D eigenvalue weighted by Gasteiger charge is 2.27. The fourth-order valence-corrected chi connectivity index (χ4v) is 5.04. The summed E-state index contributed by atoms with van der Waals surface area (Å²) >= 11 is 6.00. The standard InChI is InChI=1S/C20H21ClN2O5S/c1-13-5-6-14(11-18(13)23-9-3-4-10-29(23,26)27)19(24)22-15-7-8-17(21)16(12-15)20(25)28-2/h5-8,11-12H,3-4,9-10H2,1-2H3,(H,22,24). The van der Waals surface area contributed by atoms with E-state index >= 15 is 0 Å². The molecule has 0 bridgehead atoms.